The van der Waals surface area contributed by atoms with Gasteiger partial charge in [-0.25, -0.2) is 4.98 Å². The number of carbonyl (C=O) groups excluding carboxylic acids is 1. The van der Waals surface area contributed by atoms with Crippen LogP contribution in [0.1, 0.15) is 10.4 Å². The average Bonchev–Trinajstić information content (AvgIpc) is 2.64. The quantitative estimate of drug-likeness (QED) is 0.615. The van der Waals surface area contributed by atoms with Crippen LogP contribution < -0.4 is 15.4 Å². The standard InChI is InChI=1S/C19H15Cl2N3O2/c1-26-17-8-6-12(10-16(17)21)23-13-7-9-18(22-11-13)24-19(25)14-4-2-3-5-15(14)20/h2-11,23H,1H3,(H,22,24,25). The molecule has 0 unspecified atom stereocenters. The van der Waals surface area contributed by atoms with Crippen LogP contribution in [0.15, 0.2) is 60.8 Å². The smallest absolute Gasteiger partial charge is 0.258 e. The average molecular weight is 388 g/mol. The van der Waals surface area contributed by atoms with Crippen LogP contribution in [0.5, 0.6) is 5.75 Å². The summed E-state index contributed by atoms with van der Waals surface area (Å²) in [7, 11) is 1.56. The minimum atomic E-state index is -0.314. The van der Waals surface area contributed by atoms with E-state index in [-0.39, 0.29) is 5.91 Å². The summed E-state index contributed by atoms with van der Waals surface area (Å²) in [4.78, 5) is 16.5. The minimum Gasteiger partial charge on any atom is -0.495 e. The van der Waals surface area contributed by atoms with Gasteiger partial charge in [-0.3, -0.25) is 4.79 Å². The van der Waals surface area contributed by atoms with Crippen molar-refractivity contribution in [1.29, 1.82) is 0 Å². The Morgan fingerprint density at radius 3 is 2.42 bits per heavy atom. The number of aromatic nitrogens is 1. The molecule has 5 nitrogen and oxygen atoms in total. The Hall–Kier alpha value is -2.76. The first-order valence-electron chi connectivity index (χ1n) is 7.69. The van der Waals surface area contributed by atoms with Crippen molar-refractivity contribution < 1.29 is 9.53 Å². The van der Waals surface area contributed by atoms with Gasteiger partial charge in [0.1, 0.15) is 11.6 Å². The number of anilines is 3. The molecule has 3 aromatic rings. The highest BCUT2D eigenvalue weighted by atomic mass is 35.5. The van der Waals surface area contributed by atoms with Crippen LogP contribution >= 0.6 is 23.2 Å². The summed E-state index contributed by atoms with van der Waals surface area (Å²) in [6, 6.07) is 15.7. The van der Waals surface area contributed by atoms with Crippen molar-refractivity contribution in [2.24, 2.45) is 0 Å². The van der Waals surface area contributed by atoms with Crippen LogP contribution in [0.2, 0.25) is 10.0 Å². The Morgan fingerprint density at radius 1 is 1.00 bits per heavy atom. The molecule has 132 valence electrons. The zero-order valence-electron chi connectivity index (χ0n) is 13.8. The van der Waals surface area contributed by atoms with Gasteiger partial charge in [-0.1, -0.05) is 35.3 Å². The second-order valence-electron chi connectivity index (χ2n) is 5.34. The van der Waals surface area contributed by atoms with Crippen molar-refractivity contribution in [2.45, 2.75) is 0 Å². The molecule has 0 atom stereocenters. The molecule has 3 rings (SSSR count). The fourth-order valence-corrected chi connectivity index (χ4v) is 2.76. The molecular formula is C19H15Cl2N3O2. The van der Waals surface area contributed by atoms with E-state index in [0.717, 1.165) is 11.4 Å². The number of rotatable bonds is 5. The topological polar surface area (TPSA) is 63.2 Å². The lowest BCUT2D eigenvalue weighted by Gasteiger charge is -2.10. The van der Waals surface area contributed by atoms with Gasteiger partial charge >= 0.3 is 0 Å². The van der Waals surface area contributed by atoms with Crippen molar-refractivity contribution >= 4 is 46.3 Å². The fourth-order valence-electron chi connectivity index (χ4n) is 2.28. The van der Waals surface area contributed by atoms with Crippen molar-refractivity contribution in [1.82, 2.24) is 4.98 Å². The molecule has 0 aliphatic heterocycles. The number of methoxy groups -OCH3 is 1. The lowest BCUT2D eigenvalue weighted by molar-refractivity contribution is 0.102. The van der Waals surface area contributed by atoms with Crippen LogP contribution in [0.25, 0.3) is 0 Å². The summed E-state index contributed by atoms with van der Waals surface area (Å²) in [6.45, 7) is 0. The summed E-state index contributed by atoms with van der Waals surface area (Å²) in [6.07, 6.45) is 1.61. The number of hydrogen-bond acceptors (Lipinski definition) is 4. The Labute approximate surface area is 160 Å². The lowest BCUT2D eigenvalue weighted by atomic mass is 10.2. The van der Waals surface area contributed by atoms with E-state index in [9.17, 15) is 4.79 Å². The molecule has 2 N–H and O–H groups in total. The SMILES string of the molecule is COc1ccc(Nc2ccc(NC(=O)c3ccccc3Cl)nc2)cc1Cl. The molecule has 1 amide bonds. The highest BCUT2D eigenvalue weighted by Gasteiger charge is 2.10. The Morgan fingerprint density at radius 2 is 1.77 bits per heavy atom. The number of amides is 1. The molecule has 7 heteroatoms. The van der Waals surface area contributed by atoms with E-state index in [0.29, 0.717) is 27.2 Å². The minimum absolute atomic E-state index is 0.314. The molecule has 26 heavy (non-hydrogen) atoms. The maximum atomic E-state index is 12.2. The number of nitrogens with zero attached hydrogens (tertiary/aromatic N) is 1. The number of nitrogens with one attached hydrogen (secondary N) is 2. The summed E-state index contributed by atoms with van der Waals surface area (Å²) in [5.74, 6) is 0.715. The van der Waals surface area contributed by atoms with Crippen molar-refractivity contribution in [2.75, 3.05) is 17.7 Å². The lowest BCUT2D eigenvalue weighted by Crippen LogP contribution is -2.13. The van der Waals surface area contributed by atoms with E-state index in [1.54, 1.807) is 61.8 Å². The van der Waals surface area contributed by atoms with E-state index >= 15 is 0 Å². The number of ether oxygens (including phenoxy) is 1. The van der Waals surface area contributed by atoms with Crippen LogP contribution in [0.3, 0.4) is 0 Å². The Bertz CT molecular complexity index is 930. The van der Waals surface area contributed by atoms with Crippen LogP contribution in [0, 0.1) is 0 Å². The number of carbonyl (C=O) groups is 1. The third kappa shape index (κ3) is 4.25. The molecule has 0 fully saturated rings. The normalized spacial score (nSPS) is 10.3. The molecule has 0 aliphatic rings. The molecule has 0 saturated carbocycles. The van der Waals surface area contributed by atoms with Gasteiger partial charge < -0.3 is 15.4 Å². The van der Waals surface area contributed by atoms with Gasteiger partial charge in [-0.2, -0.15) is 0 Å². The first-order valence-corrected chi connectivity index (χ1v) is 8.45. The first-order chi connectivity index (χ1) is 12.6. The molecule has 0 spiro atoms. The van der Waals surface area contributed by atoms with Crippen molar-refractivity contribution in [3.63, 3.8) is 0 Å². The maximum absolute atomic E-state index is 12.2. The van der Waals surface area contributed by atoms with Crippen LogP contribution in [-0.4, -0.2) is 18.0 Å². The van der Waals surface area contributed by atoms with E-state index < -0.39 is 0 Å². The van der Waals surface area contributed by atoms with Gasteiger partial charge in [0, 0.05) is 5.69 Å². The second-order valence-corrected chi connectivity index (χ2v) is 6.15. The predicted octanol–water partition coefficient (Wildman–Crippen LogP) is 5.39. The number of pyridine rings is 1. The highest BCUT2D eigenvalue weighted by Crippen LogP contribution is 2.28. The summed E-state index contributed by atoms with van der Waals surface area (Å²) in [5.41, 5.74) is 1.94. The van der Waals surface area contributed by atoms with Crippen LogP contribution in [0.4, 0.5) is 17.2 Å². The predicted molar refractivity (Wildman–Crippen MR) is 105 cm³/mol. The Balaban J connectivity index is 1.68. The van der Waals surface area contributed by atoms with E-state index in [1.807, 2.05) is 6.07 Å². The molecule has 1 heterocycles. The van der Waals surface area contributed by atoms with Gasteiger partial charge in [0.25, 0.3) is 5.91 Å². The van der Waals surface area contributed by atoms with Gasteiger partial charge in [0.2, 0.25) is 0 Å². The second kappa shape index (κ2) is 8.08. The van der Waals surface area contributed by atoms with Gasteiger partial charge in [-0.05, 0) is 42.5 Å². The largest absolute Gasteiger partial charge is 0.495 e. The summed E-state index contributed by atoms with van der Waals surface area (Å²) in [5, 5.41) is 6.79. The van der Waals surface area contributed by atoms with Gasteiger partial charge in [0.15, 0.2) is 0 Å². The Kier molecular flexibility index (Phi) is 5.61. The van der Waals surface area contributed by atoms with E-state index in [2.05, 4.69) is 15.6 Å². The number of hydrogen-bond donors (Lipinski definition) is 2. The monoisotopic (exact) mass is 387 g/mol. The third-order valence-electron chi connectivity index (χ3n) is 3.56. The molecule has 1 aromatic heterocycles. The molecule has 0 radical (unpaired) electrons. The third-order valence-corrected chi connectivity index (χ3v) is 4.19. The molecular weight excluding hydrogens is 373 g/mol. The molecule has 0 saturated heterocycles. The first kappa shape index (κ1) is 18.0. The van der Waals surface area contributed by atoms with Gasteiger partial charge in [-0.15, -0.1) is 0 Å². The fraction of sp³-hybridized carbons (Fsp3) is 0.0526. The maximum Gasteiger partial charge on any atom is 0.258 e. The summed E-state index contributed by atoms with van der Waals surface area (Å²) >= 11 is 12.1. The molecule has 0 aliphatic carbocycles. The molecule has 0 bridgehead atoms. The van der Waals surface area contributed by atoms with Gasteiger partial charge in [0.05, 0.1) is 34.6 Å². The zero-order chi connectivity index (χ0) is 18.5. The van der Waals surface area contributed by atoms with Crippen LogP contribution in [-0.2, 0) is 0 Å². The van der Waals surface area contributed by atoms with E-state index in [1.165, 1.54) is 0 Å². The zero-order valence-corrected chi connectivity index (χ0v) is 15.3. The highest BCUT2D eigenvalue weighted by molar-refractivity contribution is 6.34. The van der Waals surface area contributed by atoms with Crippen molar-refractivity contribution in [3.8, 4) is 5.75 Å². The molecule has 2 aromatic carbocycles. The van der Waals surface area contributed by atoms with Crippen molar-refractivity contribution in [3.05, 3.63) is 76.4 Å². The number of benzene rings is 2. The number of halogens is 2. The van der Waals surface area contributed by atoms with E-state index in [4.69, 9.17) is 27.9 Å². The summed E-state index contributed by atoms with van der Waals surface area (Å²) < 4.78 is 5.13.